The molecule has 8 aliphatic carbocycles. The van der Waals surface area contributed by atoms with Gasteiger partial charge in [-0.2, -0.15) is 0 Å². The van der Waals surface area contributed by atoms with Crippen LogP contribution >= 0.6 is 22.7 Å². The second-order valence-electron chi connectivity index (χ2n) is 16.4. The summed E-state index contributed by atoms with van der Waals surface area (Å²) in [6, 6.07) is 20.2. The summed E-state index contributed by atoms with van der Waals surface area (Å²) in [5.74, 6) is 6.09. The van der Waals surface area contributed by atoms with Crippen LogP contribution in [0.4, 0.5) is 0 Å². The average molecular weight is 647 g/mol. The van der Waals surface area contributed by atoms with Gasteiger partial charge in [0, 0.05) is 41.3 Å². The third-order valence-corrected chi connectivity index (χ3v) is 15.2. The minimum absolute atomic E-state index is 0.289. The van der Waals surface area contributed by atoms with Crippen molar-refractivity contribution in [3.05, 3.63) is 82.4 Å². The SMILES string of the molecule is c1ccc(-c2nc(CNC34CC5CC(C3)C(c3cccc(-c6cnc(CNC78CC9CC(CC(C9)C7)C8)s6)c3)C(C5)C4)cs2)cc1. The third kappa shape index (κ3) is 5.14. The Bertz CT molecular complexity index is 1670. The fraction of sp³-hybridized carbons (Fsp3) is 0.550. The molecule has 2 atom stereocenters. The van der Waals surface area contributed by atoms with Gasteiger partial charge in [-0.25, -0.2) is 9.97 Å². The van der Waals surface area contributed by atoms with E-state index in [1.165, 1.54) is 97.3 Å². The topological polar surface area (TPSA) is 49.8 Å². The first kappa shape index (κ1) is 28.6. The minimum Gasteiger partial charge on any atom is -0.306 e. The highest BCUT2D eigenvalue weighted by Crippen LogP contribution is 2.61. The molecule has 6 heteroatoms. The number of hydrogen-bond acceptors (Lipinski definition) is 6. The minimum atomic E-state index is 0.289. The zero-order valence-electron chi connectivity index (χ0n) is 26.8. The van der Waals surface area contributed by atoms with Gasteiger partial charge in [-0.3, -0.25) is 0 Å². The normalized spacial score (nSPS) is 36.9. The Balaban J connectivity index is 0.814. The van der Waals surface area contributed by atoms with Crippen LogP contribution in [0.25, 0.3) is 21.0 Å². The molecule has 0 spiro atoms. The van der Waals surface area contributed by atoms with Crippen LogP contribution in [0.3, 0.4) is 0 Å². The molecular formula is C40H46N4S2. The zero-order valence-corrected chi connectivity index (χ0v) is 28.4. The van der Waals surface area contributed by atoms with E-state index >= 15 is 0 Å². The van der Waals surface area contributed by atoms with Gasteiger partial charge in [0.25, 0.3) is 0 Å². The van der Waals surface area contributed by atoms with Crippen LogP contribution in [0.5, 0.6) is 0 Å². The molecule has 12 rings (SSSR count). The van der Waals surface area contributed by atoms with E-state index in [0.717, 1.165) is 53.6 Å². The maximum absolute atomic E-state index is 5.00. The molecule has 2 aromatic heterocycles. The summed E-state index contributed by atoms with van der Waals surface area (Å²) in [6.07, 6.45) is 17.7. The van der Waals surface area contributed by atoms with Crippen LogP contribution in [-0.2, 0) is 13.1 Å². The lowest BCUT2D eigenvalue weighted by Gasteiger charge is -2.60. The first-order valence-electron chi connectivity index (χ1n) is 18.1. The molecule has 46 heavy (non-hydrogen) atoms. The fourth-order valence-electron chi connectivity index (χ4n) is 12.2. The predicted molar refractivity (Wildman–Crippen MR) is 189 cm³/mol. The van der Waals surface area contributed by atoms with Gasteiger partial charge < -0.3 is 10.6 Å². The molecule has 0 aliphatic heterocycles. The van der Waals surface area contributed by atoms with Crippen LogP contribution in [-0.4, -0.2) is 21.0 Å². The lowest BCUT2D eigenvalue weighted by atomic mass is 9.48. The molecule has 8 fully saturated rings. The molecular weight excluding hydrogens is 601 g/mol. The quantitative estimate of drug-likeness (QED) is 0.190. The van der Waals surface area contributed by atoms with E-state index in [0.29, 0.717) is 11.5 Å². The van der Waals surface area contributed by atoms with Gasteiger partial charge in [-0.15, -0.1) is 22.7 Å². The molecule has 8 aliphatic rings. The van der Waals surface area contributed by atoms with E-state index < -0.39 is 0 Å². The van der Waals surface area contributed by atoms with Crippen LogP contribution in [0.2, 0.25) is 0 Å². The molecule has 2 N–H and O–H groups in total. The van der Waals surface area contributed by atoms with Crippen molar-refractivity contribution in [1.29, 1.82) is 0 Å². The molecule has 8 bridgehead atoms. The Morgan fingerprint density at radius 3 is 2.09 bits per heavy atom. The van der Waals surface area contributed by atoms with Crippen LogP contribution in [0.1, 0.15) is 92.8 Å². The highest BCUT2D eigenvalue weighted by Gasteiger charge is 2.55. The summed E-state index contributed by atoms with van der Waals surface area (Å²) in [4.78, 5) is 11.3. The number of hydrogen-bond donors (Lipinski definition) is 2. The molecule has 2 aromatic carbocycles. The summed E-state index contributed by atoms with van der Waals surface area (Å²) >= 11 is 3.69. The molecule has 4 nitrogen and oxygen atoms in total. The molecule has 0 amide bonds. The van der Waals surface area contributed by atoms with Crippen molar-refractivity contribution in [1.82, 2.24) is 20.6 Å². The van der Waals surface area contributed by atoms with Gasteiger partial charge in [-0.05, 0) is 129 Å². The summed E-state index contributed by atoms with van der Waals surface area (Å²) < 4.78 is 0. The number of aromatic nitrogens is 2. The van der Waals surface area contributed by atoms with Gasteiger partial charge in [0.05, 0.1) is 10.6 Å². The maximum Gasteiger partial charge on any atom is 0.123 e. The number of benzene rings is 2. The Labute approximate surface area is 281 Å². The third-order valence-electron chi connectivity index (χ3n) is 13.3. The van der Waals surface area contributed by atoms with Gasteiger partial charge in [0.2, 0.25) is 0 Å². The molecule has 238 valence electrons. The van der Waals surface area contributed by atoms with Gasteiger partial charge in [0.15, 0.2) is 0 Å². The summed E-state index contributed by atoms with van der Waals surface area (Å²) in [5.41, 5.74) is 6.06. The summed E-state index contributed by atoms with van der Waals surface area (Å²) in [6.45, 7) is 1.83. The van der Waals surface area contributed by atoms with E-state index in [2.05, 4.69) is 76.8 Å². The van der Waals surface area contributed by atoms with Crippen molar-refractivity contribution >= 4 is 22.7 Å². The van der Waals surface area contributed by atoms with Crippen LogP contribution < -0.4 is 10.6 Å². The number of nitrogens with zero attached hydrogens (tertiary/aromatic N) is 2. The van der Waals surface area contributed by atoms with Crippen molar-refractivity contribution in [2.24, 2.45) is 35.5 Å². The molecule has 2 unspecified atom stereocenters. The monoisotopic (exact) mass is 646 g/mol. The Kier molecular flexibility index (Phi) is 6.89. The summed E-state index contributed by atoms with van der Waals surface area (Å²) in [5, 5.41) is 12.8. The fourth-order valence-corrected chi connectivity index (χ4v) is 13.9. The number of nitrogens with one attached hydrogen (secondary N) is 2. The molecule has 0 saturated heterocycles. The smallest absolute Gasteiger partial charge is 0.123 e. The summed E-state index contributed by atoms with van der Waals surface area (Å²) in [7, 11) is 0. The number of thiazole rings is 2. The van der Waals surface area contributed by atoms with Crippen LogP contribution in [0, 0.1) is 35.5 Å². The first-order chi connectivity index (χ1) is 22.6. The Morgan fingerprint density at radius 1 is 0.696 bits per heavy atom. The van der Waals surface area contributed by atoms with Gasteiger partial charge in [-0.1, -0.05) is 48.5 Å². The van der Waals surface area contributed by atoms with Gasteiger partial charge >= 0.3 is 0 Å². The van der Waals surface area contributed by atoms with Crippen molar-refractivity contribution in [2.45, 2.75) is 101 Å². The standard InChI is InChI=1S/C40H46N4S2/c1-2-5-29(6-3-1)38-44-34(24-45-38)21-42-40-18-28-12-32(19-40)37(33(13-28)20-40)31-8-4-7-30(14-31)35-22-41-36(46-35)23-43-39-15-25-9-26(16-39)11-27(10-25)17-39/h1-8,14,22,24-28,32-33,37,42-43H,9-13,15-21,23H2. The lowest BCUT2D eigenvalue weighted by molar-refractivity contribution is -0.0392. The van der Waals surface area contributed by atoms with E-state index in [-0.39, 0.29) is 5.54 Å². The van der Waals surface area contributed by atoms with Crippen molar-refractivity contribution in [3.8, 4) is 21.0 Å². The van der Waals surface area contributed by atoms with Crippen molar-refractivity contribution < 1.29 is 0 Å². The first-order valence-corrected chi connectivity index (χ1v) is 19.8. The van der Waals surface area contributed by atoms with Crippen LogP contribution in [0.15, 0.2) is 66.2 Å². The molecule has 4 aromatic rings. The predicted octanol–water partition coefficient (Wildman–Crippen LogP) is 9.44. The molecule has 2 heterocycles. The second-order valence-corrected chi connectivity index (χ2v) is 18.4. The van der Waals surface area contributed by atoms with E-state index in [1.807, 2.05) is 11.3 Å². The van der Waals surface area contributed by atoms with E-state index in [9.17, 15) is 0 Å². The van der Waals surface area contributed by atoms with Gasteiger partial charge in [0.1, 0.15) is 10.0 Å². The average Bonchev–Trinajstić information content (AvgIpc) is 3.73. The highest BCUT2D eigenvalue weighted by atomic mass is 32.1. The number of rotatable bonds is 9. The largest absolute Gasteiger partial charge is 0.306 e. The molecule has 0 radical (unpaired) electrons. The molecule has 8 saturated carbocycles. The zero-order chi connectivity index (χ0) is 30.3. The highest BCUT2D eigenvalue weighted by molar-refractivity contribution is 7.15. The van der Waals surface area contributed by atoms with E-state index in [1.54, 1.807) is 16.9 Å². The Hall–Kier alpha value is -2.38. The second kappa shape index (κ2) is 11.1. The Morgan fingerprint density at radius 2 is 1.35 bits per heavy atom. The lowest BCUT2D eigenvalue weighted by Crippen LogP contribution is -2.60. The maximum atomic E-state index is 5.00. The van der Waals surface area contributed by atoms with Crippen molar-refractivity contribution in [2.75, 3.05) is 0 Å². The van der Waals surface area contributed by atoms with Crippen molar-refractivity contribution in [3.63, 3.8) is 0 Å². The van der Waals surface area contributed by atoms with E-state index in [4.69, 9.17) is 9.97 Å².